The molecule has 0 amide bonds. The fourth-order valence-corrected chi connectivity index (χ4v) is 4.06. The van der Waals surface area contributed by atoms with Crippen molar-refractivity contribution in [3.8, 4) is 11.4 Å². The van der Waals surface area contributed by atoms with Crippen LogP contribution in [0.15, 0.2) is 35.4 Å². The Morgan fingerprint density at radius 2 is 2.17 bits per heavy atom. The van der Waals surface area contributed by atoms with E-state index in [1.165, 1.54) is 17.0 Å². The van der Waals surface area contributed by atoms with Gasteiger partial charge in [-0.15, -0.1) is 0 Å². The first-order valence-electron chi connectivity index (χ1n) is 9.96. The van der Waals surface area contributed by atoms with E-state index < -0.39 is 0 Å². The lowest BCUT2D eigenvalue weighted by Gasteiger charge is -2.27. The molecule has 1 aliphatic rings. The Bertz CT molecular complexity index is 1060. The standard InChI is InChI=1S/C22H27N5O2/c1-15-11-18(16(2)27(15)9-10-29-3)13-26-8-6-20-19(14-26)22(28)25-21(24-20)17-5-4-7-23-12-17/h4-5,7,11-12H,6,8-10,13-14H2,1-3H3,(H,24,25,28). The molecule has 29 heavy (non-hydrogen) atoms. The Kier molecular flexibility index (Phi) is 5.60. The lowest BCUT2D eigenvalue weighted by Crippen LogP contribution is -2.35. The van der Waals surface area contributed by atoms with Crippen LogP contribution in [-0.4, -0.2) is 44.7 Å². The van der Waals surface area contributed by atoms with Gasteiger partial charge in [-0.2, -0.15) is 0 Å². The molecule has 0 saturated carbocycles. The second-order valence-electron chi connectivity index (χ2n) is 7.58. The van der Waals surface area contributed by atoms with Crippen LogP contribution in [0, 0.1) is 13.8 Å². The van der Waals surface area contributed by atoms with Gasteiger partial charge in [0.2, 0.25) is 0 Å². The summed E-state index contributed by atoms with van der Waals surface area (Å²) in [5.41, 5.74) is 6.27. The molecule has 0 fully saturated rings. The summed E-state index contributed by atoms with van der Waals surface area (Å²) in [6.45, 7) is 8.18. The smallest absolute Gasteiger partial charge is 0.255 e. The highest BCUT2D eigenvalue weighted by Crippen LogP contribution is 2.22. The second kappa shape index (κ2) is 8.31. The summed E-state index contributed by atoms with van der Waals surface area (Å²) >= 11 is 0. The molecule has 4 heterocycles. The Labute approximate surface area is 170 Å². The molecule has 7 nitrogen and oxygen atoms in total. The van der Waals surface area contributed by atoms with Crippen LogP contribution in [0.3, 0.4) is 0 Å². The van der Waals surface area contributed by atoms with Crippen molar-refractivity contribution in [3.05, 3.63) is 69.2 Å². The zero-order valence-electron chi connectivity index (χ0n) is 17.2. The van der Waals surface area contributed by atoms with Gasteiger partial charge in [-0.05, 0) is 37.6 Å². The highest BCUT2D eigenvalue weighted by atomic mass is 16.5. The molecule has 1 aliphatic heterocycles. The average Bonchev–Trinajstić information content (AvgIpc) is 3.00. The van der Waals surface area contributed by atoms with Crippen molar-refractivity contribution >= 4 is 0 Å². The van der Waals surface area contributed by atoms with Crippen molar-refractivity contribution in [3.63, 3.8) is 0 Å². The van der Waals surface area contributed by atoms with Crippen molar-refractivity contribution < 1.29 is 4.74 Å². The molecule has 3 aromatic rings. The summed E-state index contributed by atoms with van der Waals surface area (Å²) in [6.07, 6.45) is 4.21. The molecule has 3 aromatic heterocycles. The van der Waals surface area contributed by atoms with Gasteiger partial charge in [-0.3, -0.25) is 14.7 Å². The fourth-order valence-electron chi connectivity index (χ4n) is 4.06. The number of aryl methyl sites for hydroxylation is 1. The molecule has 152 valence electrons. The molecule has 0 aromatic carbocycles. The largest absolute Gasteiger partial charge is 0.383 e. The number of methoxy groups -OCH3 is 1. The molecular formula is C22H27N5O2. The first kappa shape index (κ1) is 19.5. The van der Waals surface area contributed by atoms with E-state index in [9.17, 15) is 4.79 Å². The predicted octanol–water partition coefficient (Wildman–Crippen LogP) is 2.45. The van der Waals surface area contributed by atoms with Crippen molar-refractivity contribution in [2.75, 3.05) is 20.3 Å². The van der Waals surface area contributed by atoms with E-state index in [2.05, 4.69) is 39.3 Å². The van der Waals surface area contributed by atoms with Gasteiger partial charge in [0.15, 0.2) is 0 Å². The van der Waals surface area contributed by atoms with E-state index in [0.717, 1.165) is 42.9 Å². The minimum atomic E-state index is -0.0517. The summed E-state index contributed by atoms with van der Waals surface area (Å²) in [4.78, 5) is 26.8. The first-order valence-corrected chi connectivity index (χ1v) is 9.96. The molecular weight excluding hydrogens is 366 g/mol. The van der Waals surface area contributed by atoms with Gasteiger partial charge in [-0.1, -0.05) is 0 Å². The highest BCUT2D eigenvalue weighted by molar-refractivity contribution is 5.53. The average molecular weight is 393 g/mol. The minimum Gasteiger partial charge on any atom is -0.383 e. The zero-order chi connectivity index (χ0) is 20.4. The summed E-state index contributed by atoms with van der Waals surface area (Å²) in [7, 11) is 1.73. The van der Waals surface area contributed by atoms with E-state index >= 15 is 0 Å². The molecule has 0 radical (unpaired) electrons. The van der Waals surface area contributed by atoms with Gasteiger partial charge in [0, 0.05) is 69.1 Å². The minimum absolute atomic E-state index is 0.0517. The quantitative estimate of drug-likeness (QED) is 0.696. The van der Waals surface area contributed by atoms with Gasteiger partial charge in [-0.25, -0.2) is 4.98 Å². The second-order valence-corrected chi connectivity index (χ2v) is 7.58. The van der Waals surface area contributed by atoms with Gasteiger partial charge in [0.05, 0.1) is 17.9 Å². The maximum atomic E-state index is 12.7. The lowest BCUT2D eigenvalue weighted by atomic mass is 10.1. The van der Waals surface area contributed by atoms with E-state index in [0.29, 0.717) is 19.0 Å². The predicted molar refractivity (Wildman–Crippen MR) is 112 cm³/mol. The molecule has 1 N–H and O–H groups in total. The summed E-state index contributed by atoms with van der Waals surface area (Å²) in [6, 6.07) is 6.00. The molecule has 7 heteroatoms. The van der Waals surface area contributed by atoms with Crippen molar-refractivity contribution in [1.29, 1.82) is 0 Å². The Morgan fingerprint density at radius 3 is 2.93 bits per heavy atom. The van der Waals surface area contributed by atoms with Crippen LogP contribution in [-0.2, 0) is 30.8 Å². The third-order valence-corrected chi connectivity index (χ3v) is 5.67. The van der Waals surface area contributed by atoms with Crippen molar-refractivity contribution in [2.24, 2.45) is 0 Å². The maximum Gasteiger partial charge on any atom is 0.255 e. The fraction of sp³-hybridized carbons (Fsp3) is 0.409. The van der Waals surface area contributed by atoms with Gasteiger partial charge >= 0.3 is 0 Å². The topological polar surface area (TPSA) is 76.0 Å². The summed E-state index contributed by atoms with van der Waals surface area (Å²) < 4.78 is 7.53. The SMILES string of the molecule is COCCn1c(C)cc(CN2CCc3nc(-c4cccnc4)[nH]c(=O)c3C2)c1C. The number of aromatic nitrogens is 4. The van der Waals surface area contributed by atoms with Gasteiger partial charge in [0.25, 0.3) is 5.56 Å². The zero-order valence-corrected chi connectivity index (χ0v) is 17.2. The van der Waals surface area contributed by atoms with Crippen LogP contribution in [0.1, 0.15) is 28.2 Å². The van der Waals surface area contributed by atoms with E-state index in [-0.39, 0.29) is 5.56 Å². The van der Waals surface area contributed by atoms with E-state index in [4.69, 9.17) is 9.72 Å². The Balaban J connectivity index is 1.53. The molecule has 0 aliphatic carbocycles. The molecule has 0 spiro atoms. The third kappa shape index (κ3) is 4.02. The number of nitrogens with one attached hydrogen (secondary N) is 1. The maximum absolute atomic E-state index is 12.7. The van der Waals surface area contributed by atoms with Crippen molar-refractivity contribution in [2.45, 2.75) is 39.9 Å². The van der Waals surface area contributed by atoms with Crippen molar-refractivity contribution in [1.82, 2.24) is 24.4 Å². The number of hydrogen-bond acceptors (Lipinski definition) is 5. The monoisotopic (exact) mass is 393 g/mol. The number of pyridine rings is 1. The van der Waals surface area contributed by atoms with Gasteiger partial charge < -0.3 is 14.3 Å². The number of H-pyrrole nitrogens is 1. The molecule has 0 atom stereocenters. The molecule has 0 unspecified atom stereocenters. The van der Waals surface area contributed by atoms with Crippen LogP contribution >= 0.6 is 0 Å². The molecule has 4 rings (SSSR count). The number of rotatable bonds is 6. The molecule has 0 bridgehead atoms. The molecule has 0 saturated heterocycles. The normalized spacial score (nSPS) is 14.2. The lowest BCUT2D eigenvalue weighted by molar-refractivity contribution is 0.186. The highest BCUT2D eigenvalue weighted by Gasteiger charge is 2.23. The van der Waals surface area contributed by atoms with Crippen LogP contribution in [0.5, 0.6) is 0 Å². The number of aromatic amines is 1. The number of ether oxygens (including phenoxy) is 1. The number of fused-ring (bicyclic) bond motifs is 1. The van der Waals surface area contributed by atoms with E-state index in [1.54, 1.807) is 19.5 Å². The van der Waals surface area contributed by atoms with Crippen LogP contribution < -0.4 is 5.56 Å². The summed E-state index contributed by atoms with van der Waals surface area (Å²) in [5, 5.41) is 0. The van der Waals surface area contributed by atoms with Crippen LogP contribution in [0.2, 0.25) is 0 Å². The van der Waals surface area contributed by atoms with Gasteiger partial charge in [0.1, 0.15) is 5.82 Å². The van der Waals surface area contributed by atoms with Crippen LogP contribution in [0.4, 0.5) is 0 Å². The number of nitrogens with zero attached hydrogens (tertiary/aromatic N) is 4. The van der Waals surface area contributed by atoms with E-state index in [1.807, 2.05) is 12.1 Å². The first-order chi connectivity index (χ1) is 14.1. The Morgan fingerprint density at radius 1 is 1.31 bits per heavy atom. The third-order valence-electron chi connectivity index (χ3n) is 5.67. The number of hydrogen-bond donors (Lipinski definition) is 1. The summed E-state index contributed by atoms with van der Waals surface area (Å²) in [5.74, 6) is 0.594. The Hall–Kier alpha value is -2.77. The van der Waals surface area contributed by atoms with Crippen LogP contribution in [0.25, 0.3) is 11.4 Å².